The Morgan fingerprint density at radius 1 is 0.447 bits per heavy atom. The molecule has 0 unspecified atom stereocenters. The first-order valence-electron chi connectivity index (χ1n) is 12.7. The Labute approximate surface area is 221 Å². The molecule has 7 rings (SSSR count). The highest BCUT2D eigenvalue weighted by atomic mass is 14.6. The highest BCUT2D eigenvalue weighted by molar-refractivity contribution is 6.23. The summed E-state index contributed by atoms with van der Waals surface area (Å²) in [6.45, 7) is 0. The second-order valence-corrected chi connectivity index (χ2v) is 9.56. The van der Waals surface area contributed by atoms with E-state index < -0.39 is 0 Å². The molecule has 2 heteroatoms. The second kappa shape index (κ2) is 9.00. The van der Waals surface area contributed by atoms with E-state index in [0.717, 1.165) is 16.7 Å². The highest BCUT2D eigenvalue weighted by Crippen LogP contribution is 2.45. The molecule has 0 aliphatic rings. The van der Waals surface area contributed by atoms with Gasteiger partial charge in [-0.2, -0.15) is 5.26 Å². The van der Waals surface area contributed by atoms with Crippen molar-refractivity contribution in [2.75, 3.05) is 0 Å². The zero-order valence-corrected chi connectivity index (χ0v) is 20.6. The van der Waals surface area contributed by atoms with Crippen molar-refractivity contribution in [2.45, 2.75) is 0 Å². The van der Waals surface area contributed by atoms with Crippen LogP contribution in [0.1, 0.15) is 5.56 Å². The van der Waals surface area contributed by atoms with Crippen LogP contribution < -0.4 is 0 Å². The van der Waals surface area contributed by atoms with Crippen molar-refractivity contribution < 1.29 is 0 Å². The van der Waals surface area contributed by atoms with Crippen molar-refractivity contribution in [3.05, 3.63) is 139 Å². The Kier molecular flexibility index (Phi) is 5.20. The molecule has 0 aliphatic carbocycles. The number of fused-ring (bicyclic) bond motifs is 3. The third kappa shape index (κ3) is 3.61. The molecule has 1 heterocycles. The van der Waals surface area contributed by atoms with Gasteiger partial charge in [-0.3, -0.25) is 4.98 Å². The van der Waals surface area contributed by atoms with Crippen molar-refractivity contribution in [1.82, 2.24) is 4.98 Å². The van der Waals surface area contributed by atoms with Crippen molar-refractivity contribution in [1.29, 1.82) is 5.26 Å². The van der Waals surface area contributed by atoms with Gasteiger partial charge in [-0.15, -0.1) is 0 Å². The van der Waals surface area contributed by atoms with Gasteiger partial charge in [-0.1, -0.05) is 97.1 Å². The van der Waals surface area contributed by atoms with Gasteiger partial charge in [0.05, 0.1) is 5.56 Å². The molecule has 0 aliphatic heterocycles. The number of hydrogen-bond donors (Lipinski definition) is 0. The number of nitrogens with zero attached hydrogens (tertiary/aromatic N) is 2. The first-order valence-corrected chi connectivity index (χ1v) is 12.7. The fraction of sp³-hybridized carbons (Fsp3) is 0. The predicted octanol–water partition coefficient (Wildman–Crippen LogP) is 9.41. The van der Waals surface area contributed by atoms with Crippen LogP contribution in [-0.4, -0.2) is 4.98 Å². The molecular weight excluding hydrogens is 460 g/mol. The van der Waals surface area contributed by atoms with Crippen LogP contribution in [0.5, 0.6) is 0 Å². The summed E-state index contributed by atoms with van der Waals surface area (Å²) < 4.78 is 0. The SMILES string of the molecule is N#Cc1cncc(-c2cccc(-c3c4ccccc4c(-c4ccccc4)c4cc5ccccc5cc34)c2)c1. The molecule has 6 aromatic carbocycles. The molecule has 2 nitrogen and oxygen atoms in total. The minimum absolute atomic E-state index is 0.558. The Morgan fingerprint density at radius 3 is 1.71 bits per heavy atom. The van der Waals surface area contributed by atoms with Crippen molar-refractivity contribution in [3.8, 4) is 39.4 Å². The highest BCUT2D eigenvalue weighted by Gasteiger charge is 2.17. The van der Waals surface area contributed by atoms with E-state index in [1.165, 1.54) is 49.0 Å². The molecule has 0 atom stereocenters. The number of benzene rings is 6. The van der Waals surface area contributed by atoms with Gasteiger partial charge < -0.3 is 0 Å². The monoisotopic (exact) mass is 482 g/mol. The fourth-order valence-electron chi connectivity index (χ4n) is 5.60. The molecule has 0 bridgehead atoms. The number of nitriles is 1. The molecule has 0 saturated carbocycles. The van der Waals surface area contributed by atoms with Crippen LogP contribution in [0.3, 0.4) is 0 Å². The number of aromatic nitrogens is 1. The lowest BCUT2D eigenvalue weighted by Crippen LogP contribution is -1.92. The van der Waals surface area contributed by atoms with E-state index in [4.69, 9.17) is 0 Å². The molecule has 0 saturated heterocycles. The van der Waals surface area contributed by atoms with E-state index >= 15 is 0 Å². The van der Waals surface area contributed by atoms with Crippen molar-refractivity contribution in [2.24, 2.45) is 0 Å². The summed E-state index contributed by atoms with van der Waals surface area (Å²) in [6, 6.07) is 45.3. The van der Waals surface area contributed by atoms with E-state index in [2.05, 4.69) is 126 Å². The van der Waals surface area contributed by atoms with Gasteiger partial charge in [0.15, 0.2) is 0 Å². The van der Waals surface area contributed by atoms with Gasteiger partial charge in [0, 0.05) is 18.0 Å². The number of hydrogen-bond acceptors (Lipinski definition) is 2. The zero-order chi connectivity index (χ0) is 25.5. The summed E-state index contributed by atoms with van der Waals surface area (Å²) >= 11 is 0. The predicted molar refractivity (Wildman–Crippen MR) is 158 cm³/mol. The van der Waals surface area contributed by atoms with Crippen molar-refractivity contribution in [3.63, 3.8) is 0 Å². The quantitative estimate of drug-likeness (QED) is 0.235. The summed E-state index contributed by atoms with van der Waals surface area (Å²) in [7, 11) is 0. The van der Waals surface area contributed by atoms with Crippen LogP contribution in [0.2, 0.25) is 0 Å². The topological polar surface area (TPSA) is 36.7 Å². The maximum absolute atomic E-state index is 9.39. The minimum Gasteiger partial charge on any atom is -0.263 e. The Balaban J connectivity index is 1.61. The number of pyridine rings is 1. The zero-order valence-electron chi connectivity index (χ0n) is 20.6. The molecule has 0 amide bonds. The molecule has 0 radical (unpaired) electrons. The fourth-order valence-corrected chi connectivity index (χ4v) is 5.60. The van der Waals surface area contributed by atoms with E-state index in [9.17, 15) is 5.26 Å². The minimum atomic E-state index is 0.558. The third-order valence-electron chi connectivity index (χ3n) is 7.30. The summed E-state index contributed by atoms with van der Waals surface area (Å²) in [5.41, 5.74) is 7.36. The van der Waals surface area contributed by atoms with Crippen LogP contribution >= 0.6 is 0 Å². The summed E-state index contributed by atoms with van der Waals surface area (Å²) in [6.07, 6.45) is 3.42. The normalized spacial score (nSPS) is 11.1. The molecular formula is C36H22N2. The van der Waals surface area contributed by atoms with Gasteiger partial charge >= 0.3 is 0 Å². The summed E-state index contributed by atoms with van der Waals surface area (Å²) in [5, 5.41) is 16.8. The summed E-state index contributed by atoms with van der Waals surface area (Å²) in [5.74, 6) is 0. The lowest BCUT2D eigenvalue weighted by atomic mass is 9.84. The van der Waals surface area contributed by atoms with Gasteiger partial charge in [0.2, 0.25) is 0 Å². The van der Waals surface area contributed by atoms with E-state index in [-0.39, 0.29) is 0 Å². The number of rotatable bonds is 3. The Bertz CT molecular complexity index is 2030. The van der Waals surface area contributed by atoms with Crippen LogP contribution in [0.4, 0.5) is 0 Å². The molecule has 7 aromatic rings. The van der Waals surface area contributed by atoms with Crippen LogP contribution in [0.25, 0.3) is 65.7 Å². The van der Waals surface area contributed by atoms with Gasteiger partial charge in [0.1, 0.15) is 6.07 Å². The average Bonchev–Trinajstić information content (AvgIpc) is 2.99. The van der Waals surface area contributed by atoms with Crippen LogP contribution in [-0.2, 0) is 0 Å². The Hall–Kier alpha value is -5.26. The lowest BCUT2D eigenvalue weighted by Gasteiger charge is -2.19. The Morgan fingerprint density at radius 2 is 1.03 bits per heavy atom. The first-order chi connectivity index (χ1) is 18.8. The van der Waals surface area contributed by atoms with E-state index in [1.54, 1.807) is 6.20 Å². The van der Waals surface area contributed by atoms with Gasteiger partial charge in [-0.25, -0.2) is 0 Å². The molecule has 1 aromatic heterocycles. The van der Waals surface area contributed by atoms with Crippen LogP contribution in [0.15, 0.2) is 134 Å². The van der Waals surface area contributed by atoms with Gasteiger partial charge in [0.25, 0.3) is 0 Å². The standard InChI is InChI=1S/C36H22N2/c37-21-24-17-30(23-38-22-24)26-13-8-14-29(18-26)36-32-16-7-6-15-31(32)35(25-9-2-1-3-10-25)33-19-27-11-4-5-12-28(27)20-34(33)36/h1-20,22-23H. The van der Waals surface area contributed by atoms with Crippen molar-refractivity contribution >= 4 is 32.3 Å². The molecule has 0 N–H and O–H groups in total. The molecule has 38 heavy (non-hydrogen) atoms. The molecule has 0 spiro atoms. The maximum atomic E-state index is 9.39. The first kappa shape index (κ1) is 22.0. The lowest BCUT2D eigenvalue weighted by molar-refractivity contribution is 1.30. The second-order valence-electron chi connectivity index (χ2n) is 9.56. The molecule has 176 valence electrons. The van der Waals surface area contributed by atoms with Crippen LogP contribution in [0, 0.1) is 11.3 Å². The van der Waals surface area contributed by atoms with E-state index in [0.29, 0.717) is 5.56 Å². The smallest absolute Gasteiger partial charge is 0.101 e. The molecule has 0 fully saturated rings. The average molecular weight is 483 g/mol. The maximum Gasteiger partial charge on any atom is 0.101 e. The summed E-state index contributed by atoms with van der Waals surface area (Å²) in [4.78, 5) is 4.29. The van der Waals surface area contributed by atoms with E-state index in [1.807, 2.05) is 12.3 Å². The third-order valence-corrected chi connectivity index (χ3v) is 7.30. The largest absolute Gasteiger partial charge is 0.263 e. The van der Waals surface area contributed by atoms with Gasteiger partial charge in [-0.05, 0) is 84.4 Å².